The average molecular weight is 172 g/mol. The topological polar surface area (TPSA) is 75.6 Å². The molecule has 1 atom stereocenters. The van der Waals surface area contributed by atoms with Gasteiger partial charge in [-0.15, -0.1) is 4.91 Å². The Kier molecular flexibility index (Phi) is 5.03. The fraction of sp³-hybridized carbons (Fsp3) is 0.714. The fourth-order valence-electron chi connectivity index (χ4n) is 0.803. The zero-order chi connectivity index (χ0) is 9.56. The van der Waals surface area contributed by atoms with Crippen LogP contribution in [0.25, 0.3) is 0 Å². The number of amides is 1. The van der Waals surface area contributed by atoms with Crippen LogP contribution < -0.4 is 5.32 Å². The Morgan fingerprint density at radius 2 is 2.08 bits per heavy atom. The molecule has 0 aliphatic heterocycles. The molecule has 0 saturated heterocycles. The minimum Gasteiger partial charge on any atom is -0.309 e. The van der Waals surface area contributed by atoms with Crippen molar-refractivity contribution in [1.82, 2.24) is 5.32 Å². The monoisotopic (exact) mass is 172 g/mol. The van der Waals surface area contributed by atoms with E-state index >= 15 is 0 Å². The maximum atomic E-state index is 10.7. The van der Waals surface area contributed by atoms with Crippen LogP contribution in [0.4, 0.5) is 0 Å². The molecule has 0 aromatic heterocycles. The lowest BCUT2D eigenvalue weighted by molar-refractivity contribution is -0.120. The summed E-state index contributed by atoms with van der Waals surface area (Å²) in [7, 11) is 1.55. The van der Waals surface area contributed by atoms with Crippen molar-refractivity contribution in [3.63, 3.8) is 0 Å². The number of hydrogen-bond donors (Lipinski definition) is 1. The number of nitrogens with one attached hydrogen (secondary N) is 1. The molecule has 0 bridgehead atoms. The predicted molar refractivity (Wildman–Crippen MR) is 43.6 cm³/mol. The summed E-state index contributed by atoms with van der Waals surface area (Å²) in [6.45, 7) is 1.44. The number of nitrogens with zero attached hydrogens (tertiary/aromatic N) is 1. The van der Waals surface area contributed by atoms with E-state index in [2.05, 4.69) is 10.5 Å². The van der Waals surface area contributed by atoms with Crippen LogP contribution in [0.15, 0.2) is 5.18 Å². The van der Waals surface area contributed by atoms with E-state index in [0.717, 1.165) is 0 Å². The van der Waals surface area contributed by atoms with Crippen molar-refractivity contribution < 1.29 is 9.59 Å². The van der Waals surface area contributed by atoms with E-state index in [1.807, 2.05) is 0 Å². The molecule has 0 heterocycles. The van der Waals surface area contributed by atoms with Crippen molar-refractivity contribution in [2.45, 2.75) is 25.8 Å². The second kappa shape index (κ2) is 5.54. The Morgan fingerprint density at radius 1 is 1.50 bits per heavy atom. The molecule has 0 aromatic rings. The third-order valence-corrected chi connectivity index (χ3v) is 1.52. The summed E-state index contributed by atoms with van der Waals surface area (Å²) < 4.78 is 0. The van der Waals surface area contributed by atoms with E-state index in [9.17, 15) is 14.5 Å². The summed E-state index contributed by atoms with van der Waals surface area (Å²) in [4.78, 5) is 31.1. The molecule has 0 saturated carbocycles. The molecular weight excluding hydrogens is 160 g/mol. The largest absolute Gasteiger partial charge is 0.309 e. The van der Waals surface area contributed by atoms with Gasteiger partial charge in [-0.3, -0.25) is 4.79 Å². The number of nitroso groups, excluding NO2 is 1. The van der Waals surface area contributed by atoms with Gasteiger partial charge < -0.3 is 10.1 Å². The molecule has 1 N–H and O–H groups in total. The standard InChI is InChI=1S/C7H12N2O3/c1-5(10)3-4-6(8-2)7(11)9-12/h6,8H,3-4H2,1-2H3. The molecule has 0 fully saturated rings. The van der Waals surface area contributed by atoms with Crippen molar-refractivity contribution in [2.24, 2.45) is 5.18 Å². The highest BCUT2D eigenvalue weighted by atomic mass is 16.3. The first-order valence-electron chi connectivity index (χ1n) is 3.65. The van der Waals surface area contributed by atoms with Crippen LogP contribution in [0.2, 0.25) is 0 Å². The molecule has 0 spiro atoms. The lowest BCUT2D eigenvalue weighted by Gasteiger charge is -2.08. The zero-order valence-electron chi connectivity index (χ0n) is 7.16. The third kappa shape index (κ3) is 3.92. The SMILES string of the molecule is CNC(CCC(C)=O)C(=O)N=O. The Balaban J connectivity index is 3.91. The van der Waals surface area contributed by atoms with Crippen LogP contribution >= 0.6 is 0 Å². The van der Waals surface area contributed by atoms with Crippen LogP contribution in [0, 0.1) is 4.91 Å². The van der Waals surface area contributed by atoms with E-state index in [0.29, 0.717) is 6.42 Å². The Morgan fingerprint density at radius 3 is 2.42 bits per heavy atom. The second-order valence-electron chi connectivity index (χ2n) is 2.51. The maximum absolute atomic E-state index is 10.7. The Labute approximate surface area is 70.5 Å². The number of hydrogen-bond acceptors (Lipinski definition) is 4. The first-order chi connectivity index (χ1) is 5.61. The van der Waals surface area contributed by atoms with Gasteiger partial charge in [-0.1, -0.05) is 0 Å². The van der Waals surface area contributed by atoms with Gasteiger partial charge in [-0.25, -0.2) is 0 Å². The lowest BCUT2D eigenvalue weighted by atomic mass is 10.1. The number of Topliss-reactive ketones (excluding diaryl/α,β-unsaturated/α-hetero) is 1. The van der Waals surface area contributed by atoms with Crippen LogP contribution in [-0.4, -0.2) is 24.8 Å². The van der Waals surface area contributed by atoms with E-state index in [-0.39, 0.29) is 12.2 Å². The molecule has 0 aromatic carbocycles. The molecule has 0 aliphatic carbocycles. The van der Waals surface area contributed by atoms with Gasteiger partial charge in [0.25, 0.3) is 0 Å². The molecule has 5 heteroatoms. The lowest BCUT2D eigenvalue weighted by Crippen LogP contribution is -2.33. The molecule has 5 nitrogen and oxygen atoms in total. The highest BCUT2D eigenvalue weighted by Crippen LogP contribution is 1.99. The van der Waals surface area contributed by atoms with Crippen LogP contribution in [-0.2, 0) is 9.59 Å². The molecule has 0 rings (SSSR count). The van der Waals surface area contributed by atoms with Gasteiger partial charge in [0.05, 0.1) is 6.04 Å². The van der Waals surface area contributed by atoms with Crippen molar-refractivity contribution in [2.75, 3.05) is 7.05 Å². The van der Waals surface area contributed by atoms with Gasteiger partial charge in [0.1, 0.15) is 5.78 Å². The highest BCUT2D eigenvalue weighted by Gasteiger charge is 2.16. The fourth-order valence-corrected chi connectivity index (χ4v) is 0.803. The number of likely N-dealkylation sites (N-methyl/N-ethyl adjacent to an activating group) is 1. The first kappa shape index (κ1) is 10.9. The predicted octanol–water partition coefficient (Wildman–Crippen LogP) is 0.237. The van der Waals surface area contributed by atoms with Gasteiger partial charge in [0, 0.05) is 11.6 Å². The summed E-state index contributed by atoms with van der Waals surface area (Å²) in [5.41, 5.74) is 0. The number of ketones is 1. The normalized spacial score (nSPS) is 12.2. The van der Waals surface area contributed by atoms with E-state index < -0.39 is 11.9 Å². The molecular formula is C7H12N2O3. The highest BCUT2D eigenvalue weighted by molar-refractivity contribution is 5.83. The number of carbonyl (C=O) groups is 2. The van der Waals surface area contributed by atoms with E-state index in [1.165, 1.54) is 6.92 Å². The summed E-state index contributed by atoms with van der Waals surface area (Å²) in [5.74, 6) is -0.757. The van der Waals surface area contributed by atoms with Gasteiger partial charge in [-0.2, -0.15) is 0 Å². The molecule has 0 radical (unpaired) electrons. The molecule has 0 aliphatic rings. The van der Waals surface area contributed by atoms with Gasteiger partial charge in [0.2, 0.25) is 0 Å². The quantitative estimate of drug-likeness (QED) is 0.602. The minimum absolute atomic E-state index is 0.00560. The third-order valence-electron chi connectivity index (χ3n) is 1.52. The molecule has 1 unspecified atom stereocenters. The van der Waals surface area contributed by atoms with Crippen LogP contribution in [0.1, 0.15) is 19.8 Å². The zero-order valence-corrected chi connectivity index (χ0v) is 7.16. The van der Waals surface area contributed by atoms with E-state index in [4.69, 9.17) is 0 Å². The molecule has 68 valence electrons. The molecule has 1 amide bonds. The summed E-state index contributed by atoms with van der Waals surface area (Å²) in [6, 6.07) is -0.619. The smallest absolute Gasteiger partial charge is 0.303 e. The summed E-state index contributed by atoms with van der Waals surface area (Å²) in [5, 5.41) is 4.89. The summed E-state index contributed by atoms with van der Waals surface area (Å²) in [6.07, 6.45) is 0.614. The maximum Gasteiger partial charge on any atom is 0.303 e. The van der Waals surface area contributed by atoms with Gasteiger partial charge >= 0.3 is 5.91 Å². The van der Waals surface area contributed by atoms with Crippen molar-refractivity contribution in [3.8, 4) is 0 Å². The van der Waals surface area contributed by atoms with Gasteiger partial charge in [0.15, 0.2) is 0 Å². The Hall–Kier alpha value is -1.10. The Bertz CT molecular complexity index is 191. The average Bonchev–Trinajstić information content (AvgIpc) is 2.04. The van der Waals surface area contributed by atoms with E-state index in [1.54, 1.807) is 7.05 Å². The number of carbonyl (C=O) groups excluding carboxylic acids is 2. The van der Waals surface area contributed by atoms with Gasteiger partial charge in [-0.05, 0) is 20.4 Å². The number of rotatable bonds is 5. The van der Waals surface area contributed by atoms with Crippen molar-refractivity contribution in [3.05, 3.63) is 4.91 Å². The molecule has 12 heavy (non-hydrogen) atoms. The first-order valence-corrected chi connectivity index (χ1v) is 3.65. The summed E-state index contributed by atoms with van der Waals surface area (Å²) >= 11 is 0. The second-order valence-corrected chi connectivity index (χ2v) is 2.51. The van der Waals surface area contributed by atoms with Crippen molar-refractivity contribution in [1.29, 1.82) is 0 Å². The van der Waals surface area contributed by atoms with Crippen LogP contribution in [0.5, 0.6) is 0 Å². The van der Waals surface area contributed by atoms with Crippen molar-refractivity contribution >= 4 is 11.7 Å². The van der Waals surface area contributed by atoms with Crippen LogP contribution in [0.3, 0.4) is 0 Å². The minimum atomic E-state index is -0.751.